The molecule has 0 saturated carbocycles. The second-order valence-electron chi connectivity index (χ2n) is 4.14. The quantitative estimate of drug-likeness (QED) is 0.357. The number of ether oxygens (including phenoxy) is 3. The molecule has 0 radical (unpaired) electrons. The molecule has 1 aromatic carbocycles. The molecule has 7 nitrogen and oxygen atoms in total. The van der Waals surface area contributed by atoms with E-state index in [-0.39, 0.29) is 13.0 Å². The molecule has 0 atom stereocenters. The van der Waals surface area contributed by atoms with E-state index >= 15 is 0 Å². The summed E-state index contributed by atoms with van der Waals surface area (Å²) in [6, 6.07) is 6.41. The third-order valence-corrected chi connectivity index (χ3v) is 2.58. The fourth-order valence-electron chi connectivity index (χ4n) is 1.33. The van der Waals surface area contributed by atoms with Crippen molar-refractivity contribution in [1.29, 1.82) is 0 Å². The van der Waals surface area contributed by atoms with Crippen molar-refractivity contribution < 1.29 is 28.6 Å². The van der Waals surface area contributed by atoms with Crippen LogP contribution in [0.5, 0.6) is 5.75 Å². The van der Waals surface area contributed by atoms with Gasteiger partial charge in [-0.05, 0) is 30.7 Å². The number of benzene rings is 1. The first kappa shape index (κ1) is 17.8. The van der Waals surface area contributed by atoms with Crippen LogP contribution < -0.4 is 10.1 Å². The van der Waals surface area contributed by atoms with Gasteiger partial charge in [0.15, 0.2) is 0 Å². The van der Waals surface area contributed by atoms with Gasteiger partial charge in [0.1, 0.15) is 5.75 Å². The summed E-state index contributed by atoms with van der Waals surface area (Å²) in [6.45, 7) is 0.988. The Morgan fingerprint density at radius 1 is 1.14 bits per heavy atom. The van der Waals surface area contributed by atoms with E-state index in [1.54, 1.807) is 24.3 Å². The molecule has 22 heavy (non-hydrogen) atoms. The van der Waals surface area contributed by atoms with Gasteiger partial charge >= 0.3 is 18.0 Å². The number of hydrogen-bond donors (Lipinski definition) is 1. The van der Waals surface area contributed by atoms with E-state index in [4.69, 9.17) is 16.3 Å². The van der Waals surface area contributed by atoms with Crippen LogP contribution >= 0.6 is 11.6 Å². The van der Waals surface area contributed by atoms with E-state index in [1.165, 1.54) is 6.92 Å². The molecule has 0 saturated heterocycles. The third kappa shape index (κ3) is 8.11. The van der Waals surface area contributed by atoms with E-state index in [1.807, 2.05) is 0 Å². The Labute approximate surface area is 132 Å². The first-order chi connectivity index (χ1) is 10.5. The molecular formula is C14H16ClNO6. The molecule has 0 fully saturated rings. The molecule has 0 aromatic heterocycles. The lowest BCUT2D eigenvalue weighted by atomic mass is 10.3. The number of amides is 1. The summed E-state index contributed by atoms with van der Waals surface area (Å²) in [7, 11) is 0. The van der Waals surface area contributed by atoms with E-state index in [9.17, 15) is 14.4 Å². The average molecular weight is 330 g/mol. The Morgan fingerprint density at radius 3 is 2.45 bits per heavy atom. The molecule has 0 unspecified atom stereocenters. The van der Waals surface area contributed by atoms with Crippen molar-refractivity contribution in [1.82, 2.24) is 5.32 Å². The number of alkyl carbamates (subject to hydrolysis) is 1. The number of nitrogens with one attached hydrogen (secondary N) is 1. The number of esters is 2. The van der Waals surface area contributed by atoms with Crippen LogP contribution in [0.1, 0.15) is 19.8 Å². The monoisotopic (exact) mass is 329 g/mol. The molecule has 1 amide bonds. The molecule has 0 bridgehead atoms. The lowest BCUT2D eigenvalue weighted by Gasteiger charge is -2.07. The van der Waals surface area contributed by atoms with Crippen LogP contribution in [0.2, 0.25) is 5.02 Å². The number of rotatable bonds is 7. The zero-order valence-electron chi connectivity index (χ0n) is 12.0. The van der Waals surface area contributed by atoms with Crippen LogP contribution in [-0.2, 0) is 19.1 Å². The van der Waals surface area contributed by atoms with Gasteiger partial charge in [-0.1, -0.05) is 11.6 Å². The highest BCUT2D eigenvalue weighted by Gasteiger charge is 2.06. The van der Waals surface area contributed by atoms with Crippen LogP contribution in [0.25, 0.3) is 0 Å². The van der Waals surface area contributed by atoms with Crippen LogP contribution in [0.15, 0.2) is 24.3 Å². The van der Waals surface area contributed by atoms with Gasteiger partial charge in [0, 0.05) is 24.9 Å². The van der Waals surface area contributed by atoms with Crippen molar-refractivity contribution in [3.63, 3.8) is 0 Å². The van der Waals surface area contributed by atoms with Crippen LogP contribution in [0.3, 0.4) is 0 Å². The second kappa shape index (κ2) is 9.62. The zero-order chi connectivity index (χ0) is 16.4. The van der Waals surface area contributed by atoms with Crippen molar-refractivity contribution in [2.45, 2.75) is 19.8 Å². The minimum atomic E-state index is -0.729. The van der Waals surface area contributed by atoms with E-state index in [0.29, 0.717) is 17.2 Å². The Bertz CT molecular complexity index is 517. The van der Waals surface area contributed by atoms with Crippen molar-refractivity contribution in [2.75, 3.05) is 13.3 Å². The van der Waals surface area contributed by atoms with Gasteiger partial charge < -0.3 is 19.5 Å². The van der Waals surface area contributed by atoms with Crippen LogP contribution in [0, 0.1) is 0 Å². The molecule has 0 spiro atoms. The molecule has 0 aliphatic carbocycles. The summed E-state index contributed by atoms with van der Waals surface area (Å²) in [5.41, 5.74) is 0. The predicted octanol–water partition coefficient (Wildman–Crippen LogP) is 2.27. The van der Waals surface area contributed by atoms with Gasteiger partial charge in [0.25, 0.3) is 0 Å². The predicted molar refractivity (Wildman–Crippen MR) is 77.4 cm³/mol. The van der Waals surface area contributed by atoms with Gasteiger partial charge in [-0.2, -0.15) is 0 Å². The first-order valence-electron chi connectivity index (χ1n) is 6.47. The number of halogens is 1. The Kier molecular flexibility index (Phi) is 7.77. The second-order valence-corrected chi connectivity index (χ2v) is 4.58. The molecule has 8 heteroatoms. The Hall–Kier alpha value is -2.28. The van der Waals surface area contributed by atoms with Crippen molar-refractivity contribution in [3.05, 3.63) is 29.3 Å². The van der Waals surface area contributed by atoms with Gasteiger partial charge in [0.2, 0.25) is 6.79 Å². The molecule has 0 aliphatic heterocycles. The molecular weight excluding hydrogens is 314 g/mol. The molecule has 0 aliphatic rings. The topological polar surface area (TPSA) is 90.9 Å². The molecule has 0 heterocycles. The number of hydrogen-bond acceptors (Lipinski definition) is 6. The van der Waals surface area contributed by atoms with Crippen molar-refractivity contribution in [2.24, 2.45) is 0 Å². The fraction of sp³-hybridized carbons (Fsp3) is 0.357. The van der Waals surface area contributed by atoms with Gasteiger partial charge in [-0.25, -0.2) is 4.79 Å². The maximum atomic E-state index is 11.5. The SMILES string of the molecule is CC(=O)OCOC(=O)NCCCC(=O)Oc1ccc(Cl)cc1. The van der Waals surface area contributed by atoms with Gasteiger partial charge in [-0.15, -0.1) is 0 Å². The summed E-state index contributed by atoms with van der Waals surface area (Å²) in [5, 5.41) is 2.96. The standard InChI is InChI=1S/C14H16ClNO6/c1-10(17)20-9-21-14(19)16-8-2-3-13(18)22-12-6-4-11(15)5-7-12/h4-7H,2-3,8-9H2,1H3,(H,16,19). The lowest BCUT2D eigenvalue weighted by molar-refractivity contribution is -0.149. The maximum Gasteiger partial charge on any atom is 0.410 e. The van der Waals surface area contributed by atoms with E-state index < -0.39 is 24.8 Å². The maximum absolute atomic E-state index is 11.5. The minimum absolute atomic E-state index is 0.132. The van der Waals surface area contributed by atoms with Crippen molar-refractivity contribution in [3.8, 4) is 5.75 Å². The zero-order valence-corrected chi connectivity index (χ0v) is 12.7. The molecule has 1 rings (SSSR count). The summed E-state index contributed by atoms with van der Waals surface area (Å²) in [6.07, 6.45) is -0.214. The minimum Gasteiger partial charge on any atom is -0.428 e. The first-order valence-corrected chi connectivity index (χ1v) is 6.85. The van der Waals surface area contributed by atoms with Crippen LogP contribution in [0.4, 0.5) is 4.79 Å². The summed E-state index contributed by atoms with van der Waals surface area (Å²) >= 11 is 5.71. The molecule has 1 N–H and O–H groups in total. The third-order valence-electron chi connectivity index (χ3n) is 2.32. The van der Waals surface area contributed by atoms with Gasteiger partial charge in [-0.3, -0.25) is 9.59 Å². The normalized spacial score (nSPS) is 9.73. The summed E-state index contributed by atoms with van der Waals surface area (Å²) in [4.78, 5) is 33.1. The Morgan fingerprint density at radius 2 is 1.82 bits per heavy atom. The van der Waals surface area contributed by atoms with Crippen LogP contribution in [-0.4, -0.2) is 31.4 Å². The highest BCUT2D eigenvalue weighted by atomic mass is 35.5. The summed E-state index contributed by atoms with van der Waals surface area (Å²) < 4.78 is 14.0. The Balaban J connectivity index is 2.11. The highest BCUT2D eigenvalue weighted by Crippen LogP contribution is 2.16. The smallest absolute Gasteiger partial charge is 0.410 e. The molecule has 120 valence electrons. The largest absolute Gasteiger partial charge is 0.428 e. The van der Waals surface area contributed by atoms with E-state index in [2.05, 4.69) is 14.8 Å². The van der Waals surface area contributed by atoms with E-state index in [0.717, 1.165) is 0 Å². The number of carbonyl (C=O) groups is 3. The fourth-order valence-corrected chi connectivity index (χ4v) is 1.45. The average Bonchev–Trinajstić information content (AvgIpc) is 2.46. The molecule has 1 aromatic rings. The lowest BCUT2D eigenvalue weighted by Crippen LogP contribution is -2.27. The van der Waals surface area contributed by atoms with Gasteiger partial charge in [0.05, 0.1) is 0 Å². The summed E-state index contributed by atoms with van der Waals surface area (Å²) in [5.74, 6) is -0.557. The highest BCUT2D eigenvalue weighted by molar-refractivity contribution is 6.30. The van der Waals surface area contributed by atoms with Crippen molar-refractivity contribution >= 4 is 29.6 Å². The number of carbonyl (C=O) groups excluding carboxylic acids is 3.